The predicted octanol–water partition coefficient (Wildman–Crippen LogP) is 4.58. The van der Waals surface area contributed by atoms with Crippen LogP contribution in [0.3, 0.4) is 0 Å². The van der Waals surface area contributed by atoms with Gasteiger partial charge in [0.1, 0.15) is 5.82 Å². The van der Waals surface area contributed by atoms with Crippen LogP contribution in [0.25, 0.3) is 6.08 Å². The molecule has 0 aromatic carbocycles. The molecule has 5 nitrogen and oxygen atoms in total. The highest BCUT2D eigenvalue weighted by molar-refractivity contribution is 5.55. The number of hydrogen-bond acceptors (Lipinski definition) is 4. The summed E-state index contributed by atoms with van der Waals surface area (Å²) in [5, 5.41) is 0. The van der Waals surface area contributed by atoms with Gasteiger partial charge in [0.05, 0.1) is 6.61 Å². The number of pyridine rings is 1. The summed E-state index contributed by atoms with van der Waals surface area (Å²) in [4.78, 5) is 9.97. The van der Waals surface area contributed by atoms with Crippen LogP contribution in [0.5, 0.6) is 5.88 Å². The van der Waals surface area contributed by atoms with Crippen LogP contribution in [0.4, 0.5) is 11.5 Å². The maximum atomic E-state index is 6.00. The maximum Gasteiger partial charge on any atom is 0.217 e. The lowest BCUT2D eigenvalue weighted by atomic mass is 10.1. The number of rotatable bonds is 10. The molecule has 0 bridgehead atoms. The number of nitrogens with zero attached hydrogens (tertiary/aromatic N) is 2. The van der Waals surface area contributed by atoms with Crippen molar-refractivity contribution in [2.75, 3.05) is 30.3 Å². The van der Waals surface area contributed by atoms with Crippen molar-refractivity contribution in [1.82, 2.24) is 9.97 Å². The van der Waals surface area contributed by atoms with Gasteiger partial charge >= 0.3 is 0 Å². The highest BCUT2D eigenvalue weighted by Gasteiger charge is 2.10. The molecule has 0 spiro atoms. The number of nitrogen functional groups attached to an aromatic ring is 1. The fourth-order valence-corrected chi connectivity index (χ4v) is 3.10. The van der Waals surface area contributed by atoms with E-state index in [9.17, 15) is 0 Å². The van der Waals surface area contributed by atoms with Crippen LogP contribution in [-0.4, -0.2) is 29.7 Å². The van der Waals surface area contributed by atoms with Crippen LogP contribution in [0.15, 0.2) is 24.4 Å². The minimum Gasteiger partial charge on any atom is -0.477 e. The summed E-state index contributed by atoms with van der Waals surface area (Å²) in [6.45, 7) is 11.1. The number of aromatic amines is 1. The van der Waals surface area contributed by atoms with Crippen LogP contribution in [0.1, 0.15) is 50.4 Å². The van der Waals surface area contributed by atoms with E-state index in [2.05, 4.69) is 47.9 Å². The standard InChI is InChI=1S/C21H32N4O/c1-5-8-19-16(4)17(15-23-19)9-12-26-21-14-18(13-20(22)24-21)25(10-6-2)11-7-3/h5,8,13-15,23H,6-7,9-12H2,1-4H3,(H2,22,24)/b8-5-. The van der Waals surface area contributed by atoms with E-state index in [0.29, 0.717) is 18.3 Å². The molecule has 3 N–H and O–H groups in total. The summed E-state index contributed by atoms with van der Waals surface area (Å²) >= 11 is 0. The molecule has 0 aliphatic rings. The van der Waals surface area contributed by atoms with Crippen LogP contribution < -0.4 is 15.4 Å². The van der Waals surface area contributed by atoms with Crippen molar-refractivity contribution in [3.8, 4) is 5.88 Å². The zero-order valence-electron chi connectivity index (χ0n) is 16.5. The van der Waals surface area contributed by atoms with Gasteiger partial charge in [-0.05, 0) is 43.9 Å². The van der Waals surface area contributed by atoms with Crippen LogP contribution >= 0.6 is 0 Å². The molecule has 2 aromatic rings. The van der Waals surface area contributed by atoms with Crippen molar-refractivity contribution in [2.45, 2.75) is 47.0 Å². The van der Waals surface area contributed by atoms with Gasteiger partial charge in [0.15, 0.2) is 0 Å². The van der Waals surface area contributed by atoms with Gasteiger partial charge in [0.25, 0.3) is 0 Å². The monoisotopic (exact) mass is 356 g/mol. The van der Waals surface area contributed by atoms with Crippen molar-refractivity contribution in [3.63, 3.8) is 0 Å². The highest BCUT2D eigenvalue weighted by Crippen LogP contribution is 2.23. The fourth-order valence-electron chi connectivity index (χ4n) is 3.10. The minimum absolute atomic E-state index is 0.503. The summed E-state index contributed by atoms with van der Waals surface area (Å²) in [6, 6.07) is 3.93. The smallest absolute Gasteiger partial charge is 0.217 e. The van der Waals surface area contributed by atoms with Crippen molar-refractivity contribution in [2.24, 2.45) is 0 Å². The Bertz CT molecular complexity index is 715. The van der Waals surface area contributed by atoms with Gasteiger partial charge in [-0.25, -0.2) is 0 Å². The maximum absolute atomic E-state index is 6.00. The first kappa shape index (κ1) is 19.9. The second kappa shape index (κ2) is 9.90. The van der Waals surface area contributed by atoms with Crippen molar-refractivity contribution < 1.29 is 4.74 Å². The third kappa shape index (κ3) is 5.28. The molecule has 0 radical (unpaired) electrons. The quantitative estimate of drug-likeness (QED) is 0.654. The molecule has 5 heteroatoms. The van der Waals surface area contributed by atoms with E-state index in [4.69, 9.17) is 10.5 Å². The molecule has 0 saturated heterocycles. The Kier molecular flexibility index (Phi) is 7.57. The molecule has 2 rings (SSSR count). The van der Waals surface area contributed by atoms with E-state index in [-0.39, 0.29) is 0 Å². The van der Waals surface area contributed by atoms with Gasteiger partial charge in [-0.1, -0.05) is 19.9 Å². The number of anilines is 2. The van der Waals surface area contributed by atoms with Gasteiger partial charge in [0, 0.05) is 49.2 Å². The lowest BCUT2D eigenvalue weighted by Crippen LogP contribution is -2.25. The molecule has 0 atom stereocenters. The molecule has 2 heterocycles. The average molecular weight is 357 g/mol. The SMILES string of the molecule is C/C=C\c1[nH]cc(CCOc2cc(N(CCC)CCC)cc(N)n2)c1C. The summed E-state index contributed by atoms with van der Waals surface area (Å²) < 4.78 is 5.91. The molecule has 0 amide bonds. The zero-order chi connectivity index (χ0) is 18.9. The molecule has 2 aromatic heterocycles. The third-order valence-electron chi connectivity index (χ3n) is 4.40. The largest absolute Gasteiger partial charge is 0.477 e. The van der Waals surface area contributed by atoms with E-state index in [1.165, 1.54) is 11.1 Å². The van der Waals surface area contributed by atoms with Crippen molar-refractivity contribution >= 4 is 17.6 Å². The van der Waals surface area contributed by atoms with Gasteiger partial charge in [-0.3, -0.25) is 0 Å². The Morgan fingerprint density at radius 1 is 1.23 bits per heavy atom. The number of H-pyrrole nitrogens is 1. The number of nitrogens with one attached hydrogen (secondary N) is 1. The number of hydrogen-bond donors (Lipinski definition) is 2. The van der Waals surface area contributed by atoms with Crippen molar-refractivity contribution in [1.29, 1.82) is 0 Å². The number of nitrogens with two attached hydrogens (primary N) is 1. The second-order valence-electron chi connectivity index (χ2n) is 6.53. The first-order chi connectivity index (χ1) is 12.6. The zero-order valence-corrected chi connectivity index (χ0v) is 16.5. The molecule has 0 aliphatic carbocycles. The van der Waals surface area contributed by atoms with Crippen LogP contribution in [0, 0.1) is 6.92 Å². The van der Waals surface area contributed by atoms with Gasteiger partial charge in [0.2, 0.25) is 5.88 Å². The Morgan fingerprint density at radius 2 is 1.96 bits per heavy atom. The number of ether oxygens (including phenoxy) is 1. The minimum atomic E-state index is 0.503. The second-order valence-corrected chi connectivity index (χ2v) is 6.53. The molecular weight excluding hydrogens is 324 g/mol. The molecule has 26 heavy (non-hydrogen) atoms. The van der Waals surface area contributed by atoms with Gasteiger partial charge < -0.3 is 20.4 Å². The molecule has 0 aliphatic heterocycles. The summed E-state index contributed by atoms with van der Waals surface area (Å²) in [7, 11) is 0. The number of allylic oxidation sites excluding steroid dienone is 1. The molecule has 0 unspecified atom stereocenters. The highest BCUT2D eigenvalue weighted by atomic mass is 16.5. The lowest BCUT2D eigenvalue weighted by molar-refractivity contribution is 0.310. The summed E-state index contributed by atoms with van der Waals surface area (Å²) in [5.41, 5.74) is 10.8. The van der Waals surface area contributed by atoms with Crippen molar-refractivity contribution in [3.05, 3.63) is 41.2 Å². The Hall–Kier alpha value is -2.43. The van der Waals surface area contributed by atoms with Crippen LogP contribution in [-0.2, 0) is 6.42 Å². The Morgan fingerprint density at radius 3 is 2.62 bits per heavy atom. The Labute approximate surface area is 157 Å². The Balaban J connectivity index is 2.03. The summed E-state index contributed by atoms with van der Waals surface area (Å²) in [5.74, 6) is 1.10. The normalized spacial score (nSPS) is 11.2. The molecule has 142 valence electrons. The van der Waals surface area contributed by atoms with Gasteiger partial charge in [-0.2, -0.15) is 4.98 Å². The lowest BCUT2D eigenvalue weighted by Gasteiger charge is -2.24. The van der Waals surface area contributed by atoms with E-state index in [0.717, 1.165) is 43.7 Å². The van der Waals surface area contributed by atoms with Gasteiger partial charge in [-0.15, -0.1) is 0 Å². The first-order valence-electron chi connectivity index (χ1n) is 9.53. The third-order valence-corrected chi connectivity index (χ3v) is 4.40. The first-order valence-corrected chi connectivity index (χ1v) is 9.53. The molecular formula is C21H32N4O. The van der Waals surface area contributed by atoms with E-state index in [1.54, 1.807) is 0 Å². The summed E-state index contributed by atoms with van der Waals surface area (Å²) in [6.07, 6.45) is 9.20. The fraction of sp³-hybridized carbons (Fsp3) is 0.476. The van der Waals surface area contributed by atoms with E-state index < -0.39 is 0 Å². The predicted molar refractivity (Wildman–Crippen MR) is 111 cm³/mol. The number of aromatic nitrogens is 2. The average Bonchev–Trinajstić information content (AvgIpc) is 2.95. The molecule has 0 saturated carbocycles. The van der Waals surface area contributed by atoms with E-state index in [1.807, 2.05) is 25.1 Å². The van der Waals surface area contributed by atoms with Crippen LogP contribution in [0.2, 0.25) is 0 Å². The topological polar surface area (TPSA) is 67.2 Å². The molecule has 0 fully saturated rings. The van der Waals surface area contributed by atoms with E-state index >= 15 is 0 Å².